The molecule has 0 aliphatic heterocycles. The summed E-state index contributed by atoms with van der Waals surface area (Å²) in [4.78, 5) is 8.44. The third-order valence-corrected chi connectivity index (χ3v) is 6.42. The Hall–Kier alpha value is -1.18. The first-order chi connectivity index (χ1) is 10.2. The van der Waals surface area contributed by atoms with Crippen molar-refractivity contribution in [1.82, 2.24) is 14.2 Å². The van der Waals surface area contributed by atoms with Gasteiger partial charge in [-0.25, -0.2) is 13.4 Å². The van der Waals surface area contributed by atoms with E-state index < -0.39 is 10.0 Å². The second-order valence-corrected chi connectivity index (χ2v) is 8.52. The first-order valence-electron chi connectivity index (χ1n) is 7.46. The van der Waals surface area contributed by atoms with Crippen LogP contribution in [-0.2, 0) is 10.0 Å². The number of hydrogen-bond donors (Lipinski definition) is 0. The Morgan fingerprint density at radius 2 is 1.77 bits per heavy atom. The maximum absolute atomic E-state index is 12.7. The summed E-state index contributed by atoms with van der Waals surface area (Å²) in [5.74, 6) is 0.741. The molecule has 1 heterocycles. The maximum Gasteiger partial charge on any atom is 0.244 e. The Kier molecular flexibility index (Phi) is 4.79. The van der Waals surface area contributed by atoms with E-state index in [0.29, 0.717) is 6.54 Å². The number of hydrogen-bond acceptors (Lipinski definition) is 5. The number of sulfonamides is 1. The molecule has 0 saturated heterocycles. The Morgan fingerprint density at radius 3 is 2.14 bits per heavy atom. The molecule has 7 heteroatoms. The molecule has 0 unspecified atom stereocenters. The molecule has 1 aliphatic rings. The predicted octanol–water partition coefficient (Wildman–Crippen LogP) is 1.25. The van der Waals surface area contributed by atoms with Crippen molar-refractivity contribution in [3.05, 3.63) is 18.3 Å². The lowest BCUT2D eigenvalue weighted by atomic mass is 9.75. The first kappa shape index (κ1) is 17.2. The molecule has 22 heavy (non-hydrogen) atoms. The van der Waals surface area contributed by atoms with E-state index in [1.807, 2.05) is 33.1 Å². The Balaban J connectivity index is 2.18. The van der Waals surface area contributed by atoms with E-state index in [4.69, 9.17) is 0 Å². The van der Waals surface area contributed by atoms with Gasteiger partial charge in [0.05, 0.1) is 0 Å². The summed E-state index contributed by atoms with van der Waals surface area (Å²) >= 11 is 0. The van der Waals surface area contributed by atoms with Gasteiger partial charge in [-0.1, -0.05) is 0 Å². The van der Waals surface area contributed by atoms with Gasteiger partial charge in [0.15, 0.2) is 0 Å². The predicted molar refractivity (Wildman–Crippen MR) is 88.6 cm³/mol. The van der Waals surface area contributed by atoms with E-state index in [9.17, 15) is 8.42 Å². The smallest absolute Gasteiger partial charge is 0.244 e. The Labute approximate surface area is 133 Å². The minimum Gasteiger partial charge on any atom is -0.363 e. The van der Waals surface area contributed by atoms with Crippen LogP contribution in [0.2, 0.25) is 0 Å². The molecule has 1 saturated carbocycles. The Bertz CT molecular complexity index is 607. The van der Waals surface area contributed by atoms with Gasteiger partial charge >= 0.3 is 0 Å². The highest BCUT2D eigenvalue weighted by Crippen LogP contribution is 2.37. The van der Waals surface area contributed by atoms with E-state index in [2.05, 4.69) is 9.88 Å². The standard InChI is InChI=1S/C15H26N4O2S/c1-17(2)14-8-7-13(11-16-14)22(20,21)19(5)12-15(18(3)4)9-6-10-15/h7-8,11H,6,9-10,12H2,1-5H3. The molecule has 0 bridgehead atoms. The molecular weight excluding hydrogens is 300 g/mol. The minimum atomic E-state index is -3.50. The van der Waals surface area contributed by atoms with E-state index in [0.717, 1.165) is 25.1 Å². The summed E-state index contributed by atoms with van der Waals surface area (Å²) in [7, 11) is 5.94. The van der Waals surface area contributed by atoms with Crippen molar-refractivity contribution in [3.63, 3.8) is 0 Å². The highest BCUT2D eigenvalue weighted by Gasteiger charge is 2.42. The third-order valence-electron chi connectivity index (χ3n) is 4.64. The maximum atomic E-state index is 12.7. The quantitative estimate of drug-likeness (QED) is 0.787. The van der Waals surface area contributed by atoms with Crippen LogP contribution in [0.15, 0.2) is 23.2 Å². The van der Waals surface area contributed by atoms with Gasteiger partial charge in [0, 0.05) is 39.4 Å². The molecule has 0 spiro atoms. The average Bonchev–Trinajstić information content (AvgIpc) is 2.42. The zero-order chi connectivity index (χ0) is 16.5. The van der Waals surface area contributed by atoms with E-state index >= 15 is 0 Å². The van der Waals surface area contributed by atoms with Crippen molar-refractivity contribution in [3.8, 4) is 0 Å². The van der Waals surface area contributed by atoms with Gasteiger partial charge in [-0.05, 0) is 45.5 Å². The molecule has 0 radical (unpaired) electrons. The summed E-state index contributed by atoms with van der Waals surface area (Å²) < 4.78 is 26.9. The van der Waals surface area contributed by atoms with Crippen molar-refractivity contribution in [1.29, 1.82) is 0 Å². The second kappa shape index (κ2) is 6.14. The van der Waals surface area contributed by atoms with Crippen molar-refractivity contribution in [2.45, 2.75) is 29.7 Å². The normalized spacial score (nSPS) is 17.6. The number of pyridine rings is 1. The van der Waals surface area contributed by atoms with Crippen LogP contribution in [0.1, 0.15) is 19.3 Å². The summed E-state index contributed by atoms with van der Waals surface area (Å²) in [6, 6.07) is 3.35. The molecular formula is C15H26N4O2S. The van der Waals surface area contributed by atoms with Crippen LogP contribution in [-0.4, -0.2) is 69.9 Å². The SMILES string of the molecule is CN(C)c1ccc(S(=O)(=O)N(C)CC2(N(C)C)CCC2)cn1. The van der Waals surface area contributed by atoms with Crippen molar-refractivity contribution in [2.24, 2.45) is 0 Å². The number of anilines is 1. The lowest BCUT2D eigenvalue weighted by Gasteiger charge is -2.48. The fourth-order valence-corrected chi connectivity index (χ4v) is 4.00. The molecule has 0 atom stereocenters. The number of rotatable bonds is 6. The van der Waals surface area contributed by atoms with Crippen molar-refractivity contribution in [2.75, 3.05) is 46.7 Å². The summed E-state index contributed by atoms with van der Waals surface area (Å²) in [6.07, 6.45) is 4.67. The highest BCUT2D eigenvalue weighted by molar-refractivity contribution is 7.89. The number of aromatic nitrogens is 1. The largest absolute Gasteiger partial charge is 0.363 e. The number of nitrogens with zero attached hydrogens (tertiary/aromatic N) is 4. The van der Waals surface area contributed by atoms with Gasteiger partial charge in [0.1, 0.15) is 10.7 Å². The Morgan fingerprint density at radius 1 is 1.14 bits per heavy atom. The molecule has 1 aromatic heterocycles. The lowest BCUT2D eigenvalue weighted by Crippen LogP contribution is -2.57. The summed E-state index contributed by atoms with van der Waals surface area (Å²) in [5, 5.41) is 0. The molecule has 0 N–H and O–H groups in total. The van der Waals surface area contributed by atoms with Gasteiger partial charge in [-0.2, -0.15) is 4.31 Å². The minimum absolute atomic E-state index is 0.0289. The van der Waals surface area contributed by atoms with Gasteiger partial charge in [0.25, 0.3) is 0 Å². The van der Waals surface area contributed by atoms with Crippen molar-refractivity contribution < 1.29 is 8.42 Å². The lowest BCUT2D eigenvalue weighted by molar-refractivity contribution is 0.0455. The van der Waals surface area contributed by atoms with Gasteiger partial charge < -0.3 is 9.80 Å². The van der Waals surface area contributed by atoms with Crippen LogP contribution >= 0.6 is 0 Å². The molecule has 6 nitrogen and oxygen atoms in total. The van der Waals surface area contributed by atoms with Crippen LogP contribution in [0.3, 0.4) is 0 Å². The molecule has 2 rings (SSSR count). The molecule has 1 aliphatic carbocycles. The fraction of sp³-hybridized carbons (Fsp3) is 0.667. The summed E-state index contributed by atoms with van der Waals surface area (Å²) in [5.41, 5.74) is -0.0289. The van der Waals surface area contributed by atoms with Crippen LogP contribution < -0.4 is 4.90 Å². The topological polar surface area (TPSA) is 56.8 Å². The number of likely N-dealkylation sites (N-methyl/N-ethyl adjacent to an activating group) is 2. The van der Waals surface area contributed by atoms with Crippen LogP contribution in [0, 0.1) is 0 Å². The third kappa shape index (κ3) is 3.11. The average molecular weight is 326 g/mol. The second-order valence-electron chi connectivity index (χ2n) is 6.48. The first-order valence-corrected chi connectivity index (χ1v) is 8.90. The van der Waals surface area contributed by atoms with Crippen LogP contribution in [0.25, 0.3) is 0 Å². The molecule has 0 aromatic carbocycles. The molecule has 0 amide bonds. The molecule has 124 valence electrons. The highest BCUT2D eigenvalue weighted by atomic mass is 32.2. The zero-order valence-corrected chi connectivity index (χ0v) is 14.9. The van der Waals surface area contributed by atoms with E-state index in [-0.39, 0.29) is 10.4 Å². The van der Waals surface area contributed by atoms with Gasteiger partial charge in [-0.3, -0.25) is 0 Å². The van der Waals surface area contributed by atoms with Crippen LogP contribution in [0.4, 0.5) is 5.82 Å². The molecule has 1 aromatic rings. The van der Waals surface area contributed by atoms with Crippen LogP contribution in [0.5, 0.6) is 0 Å². The monoisotopic (exact) mass is 326 g/mol. The zero-order valence-electron chi connectivity index (χ0n) is 14.1. The van der Waals surface area contributed by atoms with Crippen molar-refractivity contribution >= 4 is 15.8 Å². The fourth-order valence-electron chi connectivity index (χ4n) is 2.80. The summed E-state index contributed by atoms with van der Waals surface area (Å²) in [6.45, 7) is 0.512. The van der Waals surface area contributed by atoms with Gasteiger partial charge in [-0.15, -0.1) is 0 Å². The molecule has 1 fully saturated rings. The van der Waals surface area contributed by atoms with E-state index in [1.165, 1.54) is 10.5 Å². The van der Waals surface area contributed by atoms with E-state index in [1.54, 1.807) is 19.2 Å². The van der Waals surface area contributed by atoms with Gasteiger partial charge in [0.2, 0.25) is 10.0 Å².